The Bertz CT molecular complexity index is 596. The third-order valence-corrected chi connectivity index (χ3v) is 4.27. The van der Waals surface area contributed by atoms with Crippen LogP contribution in [0.15, 0.2) is 23.1 Å². The summed E-state index contributed by atoms with van der Waals surface area (Å²) in [6.45, 7) is -0.179. The van der Waals surface area contributed by atoms with Crippen LogP contribution in [-0.4, -0.2) is 51.0 Å². The van der Waals surface area contributed by atoms with Crippen molar-refractivity contribution in [2.75, 3.05) is 26.1 Å². The lowest BCUT2D eigenvalue weighted by atomic mass is 10.2. The molecule has 1 unspecified atom stereocenters. The van der Waals surface area contributed by atoms with E-state index in [1.54, 1.807) is 0 Å². The number of methoxy groups -OCH3 is 1. The van der Waals surface area contributed by atoms with Crippen molar-refractivity contribution in [3.8, 4) is 0 Å². The van der Waals surface area contributed by atoms with Crippen molar-refractivity contribution in [3.63, 3.8) is 0 Å². The zero-order chi connectivity index (χ0) is 16.0. The SMILES string of the molecule is COCC(CCO)NS(=O)(=O)c1ccc(N)cc1C(=O)O. The van der Waals surface area contributed by atoms with Gasteiger partial charge in [-0.05, 0) is 24.6 Å². The zero-order valence-corrected chi connectivity index (χ0v) is 12.3. The highest BCUT2D eigenvalue weighted by Gasteiger charge is 2.25. The van der Waals surface area contributed by atoms with Gasteiger partial charge in [0.05, 0.1) is 17.1 Å². The molecule has 0 aliphatic rings. The monoisotopic (exact) mass is 318 g/mol. The van der Waals surface area contributed by atoms with E-state index in [0.717, 1.165) is 12.1 Å². The Morgan fingerprint density at radius 2 is 2.14 bits per heavy atom. The first-order valence-electron chi connectivity index (χ1n) is 6.06. The largest absolute Gasteiger partial charge is 0.478 e. The number of rotatable bonds is 8. The number of carboxylic acid groups (broad SMARTS) is 1. The molecule has 0 aromatic heterocycles. The number of ether oxygens (including phenoxy) is 1. The number of nitrogens with one attached hydrogen (secondary N) is 1. The number of benzene rings is 1. The van der Waals surface area contributed by atoms with Gasteiger partial charge in [0.1, 0.15) is 0 Å². The maximum absolute atomic E-state index is 12.3. The lowest BCUT2D eigenvalue weighted by Crippen LogP contribution is -2.39. The van der Waals surface area contributed by atoms with Crippen LogP contribution >= 0.6 is 0 Å². The molecule has 0 saturated heterocycles. The molecule has 0 fully saturated rings. The molecule has 21 heavy (non-hydrogen) atoms. The first-order chi connectivity index (χ1) is 9.81. The van der Waals surface area contributed by atoms with Gasteiger partial charge >= 0.3 is 5.97 Å². The van der Waals surface area contributed by atoms with E-state index in [4.69, 9.17) is 20.7 Å². The number of hydrogen-bond donors (Lipinski definition) is 4. The zero-order valence-electron chi connectivity index (χ0n) is 11.4. The van der Waals surface area contributed by atoms with Crippen LogP contribution in [0.2, 0.25) is 0 Å². The van der Waals surface area contributed by atoms with Crippen LogP contribution in [-0.2, 0) is 14.8 Å². The summed E-state index contributed by atoms with van der Waals surface area (Å²) in [7, 11) is -2.68. The van der Waals surface area contributed by atoms with Gasteiger partial charge in [-0.2, -0.15) is 0 Å². The highest BCUT2D eigenvalue weighted by atomic mass is 32.2. The molecule has 118 valence electrons. The Kier molecular flexibility index (Phi) is 6.09. The van der Waals surface area contributed by atoms with Crippen molar-refractivity contribution in [2.45, 2.75) is 17.4 Å². The number of anilines is 1. The molecule has 0 amide bonds. The standard InChI is InChI=1S/C12H18N2O6S/c1-20-7-9(4-5-15)14-21(18,19)11-3-2-8(13)6-10(11)12(16)17/h2-3,6,9,14-15H,4-5,7,13H2,1H3,(H,16,17). The van der Waals surface area contributed by atoms with Gasteiger partial charge in [-0.1, -0.05) is 0 Å². The van der Waals surface area contributed by atoms with Crippen LogP contribution < -0.4 is 10.5 Å². The van der Waals surface area contributed by atoms with Crippen molar-refractivity contribution in [3.05, 3.63) is 23.8 Å². The number of carboxylic acids is 1. The maximum Gasteiger partial charge on any atom is 0.337 e. The fourth-order valence-corrected chi connectivity index (χ4v) is 3.20. The van der Waals surface area contributed by atoms with Gasteiger partial charge in [-0.15, -0.1) is 0 Å². The molecule has 1 rings (SSSR count). The van der Waals surface area contributed by atoms with E-state index in [1.165, 1.54) is 13.2 Å². The Morgan fingerprint density at radius 3 is 2.67 bits per heavy atom. The molecular weight excluding hydrogens is 300 g/mol. The summed E-state index contributed by atoms with van der Waals surface area (Å²) in [6.07, 6.45) is 0.143. The Balaban J connectivity index is 3.15. The van der Waals surface area contributed by atoms with E-state index in [2.05, 4.69) is 4.72 Å². The van der Waals surface area contributed by atoms with E-state index >= 15 is 0 Å². The molecule has 1 aromatic rings. The average molecular weight is 318 g/mol. The van der Waals surface area contributed by atoms with Crippen LogP contribution in [0.1, 0.15) is 16.8 Å². The molecular formula is C12H18N2O6S. The fraction of sp³-hybridized carbons (Fsp3) is 0.417. The number of sulfonamides is 1. The molecule has 1 aromatic carbocycles. The Labute approximate surface area is 122 Å². The third kappa shape index (κ3) is 4.67. The first kappa shape index (κ1) is 17.4. The van der Waals surface area contributed by atoms with E-state index in [-0.39, 0.29) is 30.2 Å². The number of aliphatic hydroxyl groups excluding tert-OH is 1. The predicted octanol–water partition coefficient (Wildman–Crippen LogP) is -0.357. The van der Waals surface area contributed by atoms with E-state index < -0.39 is 27.6 Å². The van der Waals surface area contributed by atoms with E-state index in [1.807, 2.05) is 0 Å². The van der Waals surface area contributed by atoms with E-state index in [9.17, 15) is 13.2 Å². The van der Waals surface area contributed by atoms with Gasteiger partial charge in [0.15, 0.2) is 0 Å². The highest BCUT2D eigenvalue weighted by Crippen LogP contribution is 2.19. The smallest absolute Gasteiger partial charge is 0.337 e. The summed E-state index contributed by atoms with van der Waals surface area (Å²) >= 11 is 0. The Hall–Kier alpha value is -1.68. The molecule has 0 heterocycles. The fourth-order valence-electron chi connectivity index (χ4n) is 1.77. The molecule has 9 heteroatoms. The van der Waals surface area contributed by atoms with Crippen molar-refractivity contribution in [1.29, 1.82) is 0 Å². The van der Waals surface area contributed by atoms with Gasteiger partial charge < -0.3 is 20.7 Å². The first-order valence-corrected chi connectivity index (χ1v) is 7.55. The summed E-state index contributed by atoms with van der Waals surface area (Å²) in [5.41, 5.74) is 5.21. The molecule has 8 nitrogen and oxygen atoms in total. The van der Waals surface area contributed by atoms with Crippen LogP contribution in [0.4, 0.5) is 5.69 Å². The van der Waals surface area contributed by atoms with Crippen molar-refractivity contribution in [1.82, 2.24) is 4.72 Å². The minimum Gasteiger partial charge on any atom is -0.478 e. The summed E-state index contributed by atoms with van der Waals surface area (Å²) in [6, 6.07) is 2.85. The van der Waals surface area contributed by atoms with Crippen molar-refractivity contribution < 1.29 is 28.2 Å². The normalized spacial score (nSPS) is 13.0. The van der Waals surface area contributed by atoms with Gasteiger partial charge in [0.25, 0.3) is 0 Å². The molecule has 5 N–H and O–H groups in total. The minimum absolute atomic E-state index is 0.0527. The minimum atomic E-state index is -4.07. The number of aromatic carboxylic acids is 1. The van der Waals surface area contributed by atoms with Gasteiger partial charge in [-0.3, -0.25) is 0 Å². The second-order valence-electron chi connectivity index (χ2n) is 4.35. The van der Waals surface area contributed by atoms with Crippen molar-refractivity contribution in [2.24, 2.45) is 0 Å². The maximum atomic E-state index is 12.3. The van der Waals surface area contributed by atoms with Crippen LogP contribution in [0.3, 0.4) is 0 Å². The highest BCUT2D eigenvalue weighted by molar-refractivity contribution is 7.89. The second kappa shape index (κ2) is 7.36. The van der Waals surface area contributed by atoms with E-state index in [0.29, 0.717) is 0 Å². The molecule has 0 spiro atoms. The number of carbonyl (C=O) groups is 1. The van der Waals surface area contributed by atoms with Crippen LogP contribution in [0.5, 0.6) is 0 Å². The summed E-state index contributed by atoms with van der Waals surface area (Å²) in [4.78, 5) is 10.8. The molecule has 0 radical (unpaired) electrons. The average Bonchev–Trinajstić information content (AvgIpc) is 2.38. The van der Waals surface area contributed by atoms with Gasteiger partial charge in [0.2, 0.25) is 10.0 Å². The number of aliphatic hydroxyl groups is 1. The topological polar surface area (TPSA) is 139 Å². The number of nitrogens with two attached hydrogens (primary N) is 1. The number of hydrogen-bond acceptors (Lipinski definition) is 6. The molecule has 0 aliphatic carbocycles. The lowest BCUT2D eigenvalue weighted by molar-refractivity contribution is 0.0692. The van der Waals surface area contributed by atoms with Gasteiger partial charge in [-0.25, -0.2) is 17.9 Å². The summed E-state index contributed by atoms with van der Waals surface area (Å²) in [5, 5.41) is 18.0. The number of nitrogen functional groups attached to an aromatic ring is 1. The van der Waals surface area contributed by atoms with Crippen molar-refractivity contribution >= 4 is 21.7 Å². The second-order valence-corrected chi connectivity index (χ2v) is 6.03. The quantitative estimate of drug-likeness (QED) is 0.480. The third-order valence-electron chi connectivity index (χ3n) is 2.69. The molecule has 0 bridgehead atoms. The summed E-state index contributed by atoms with van der Waals surface area (Å²) in [5.74, 6) is -1.40. The molecule has 0 saturated carbocycles. The van der Waals surface area contributed by atoms with Gasteiger partial charge in [0, 0.05) is 25.4 Å². The molecule has 0 aliphatic heterocycles. The summed E-state index contributed by atoms with van der Waals surface area (Å²) < 4.78 is 31.7. The van der Waals surface area contributed by atoms with Crippen LogP contribution in [0.25, 0.3) is 0 Å². The van der Waals surface area contributed by atoms with Crippen LogP contribution in [0, 0.1) is 0 Å². The Morgan fingerprint density at radius 1 is 1.48 bits per heavy atom. The lowest BCUT2D eigenvalue weighted by Gasteiger charge is -2.18. The predicted molar refractivity (Wildman–Crippen MR) is 75.5 cm³/mol. The molecule has 1 atom stereocenters.